The Morgan fingerprint density at radius 1 is 1.18 bits per heavy atom. The molecule has 1 aromatic heterocycles. The summed E-state index contributed by atoms with van der Waals surface area (Å²) in [5.74, 6) is -0.175. The first kappa shape index (κ1) is 26.2. The molecular formula is C27H23ClF4N2O4. The number of nitrogens with zero attached hydrogens (tertiary/aromatic N) is 2. The molecule has 0 bridgehead atoms. The number of halogens is 5. The minimum atomic E-state index is -4.59. The van der Waals surface area contributed by atoms with E-state index < -0.39 is 17.6 Å². The molecule has 0 aliphatic carbocycles. The van der Waals surface area contributed by atoms with Crippen molar-refractivity contribution in [1.29, 1.82) is 0 Å². The highest BCUT2D eigenvalue weighted by atomic mass is 35.5. The molecule has 0 saturated carbocycles. The van der Waals surface area contributed by atoms with Crippen LogP contribution in [0.3, 0.4) is 0 Å². The number of ether oxygens (including phenoxy) is 3. The second-order valence-electron chi connectivity index (χ2n) is 9.05. The largest absolute Gasteiger partial charge is 0.487 e. The number of aromatic nitrogens is 1. The van der Waals surface area contributed by atoms with Gasteiger partial charge in [0.2, 0.25) is 0 Å². The van der Waals surface area contributed by atoms with Crippen LogP contribution in [0.15, 0.2) is 48.7 Å². The van der Waals surface area contributed by atoms with Gasteiger partial charge in [0.25, 0.3) is 5.91 Å². The number of carbonyl (C=O) groups excluding carboxylic acids is 1. The maximum atomic E-state index is 13.7. The van der Waals surface area contributed by atoms with Gasteiger partial charge in [-0.25, -0.2) is 4.39 Å². The van der Waals surface area contributed by atoms with E-state index in [1.807, 2.05) is 0 Å². The Kier molecular flexibility index (Phi) is 7.45. The van der Waals surface area contributed by atoms with Gasteiger partial charge in [0.05, 0.1) is 28.9 Å². The molecule has 200 valence electrons. The van der Waals surface area contributed by atoms with Crippen LogP contribution in [-0.2, 0) is 17.5 Å². The van der Waals surface area contributed by atoms with Crippen molar-refractivity contribution >= 4 is 17.5 Å². The fraction of sp³-hybridized carbons (Fsp3) is 0.333. The summed E-state index contributed by atoms with van der Waals surface area (Å²) in [5, 5.41) is -0.188. The quantitative estimate of drug-likeness (QED) is 0.357. The van der Waals surface area contributed by atoms with Crippen LogP contribution in [0.1, 0.15) is 34.3 Å². The third-order valence-corrected chi connectivity index (χ3v) is 6.64. The number of carbonyl (C=O) groups is 1. The smallest absolute Gasteiger partial charge is 0.417 e. The molecule has 2 aliphatic heterocycles. The Bertz CT molecular complexity index is 1350. The van der Waals surface area contributed by atoms with Crippen LogP contribution in [0, 0.1) is 5.82 Å². The molecule has 2 aromatic carbocycles. The fourth-order valence-corrected chi connectivity index (χ4v) is 4.74. The zero-order chi connectivity index (χ0) is 26.9. The second-order valence-corrected chi connectivity index (χ2v) is 9.45. The van der Waals surface area contributed by atoms with Gasteiger partial charge in [-0.1, -0.05) is 17.7 Å². The van der Waals surface area contributed by atoms with Gasteiger partial charge in [0, 0.05) is 36.0 Å². The molecule has 6 nitrogen and oxygen atoms in total. The highest BCUT2D eigenvalue weighted by molar-refractivity contribution is 6.33. The van der Waals surface area contributed by atoms with E-state index in [0.717, 1.165) is 31.2 Å². The third kappa shape index (κ3) is 5.71. The first-order valence-corrected chi connectivity index (χ1v) is 12.4. The van der Waals surface area contributed by atoms with E-state index in [1.165, 1.54) is 23.1 Å². The summed E-state index contributed by atoms with van der Waals surface area (Å²) in [6.07, 6.45) is -2.21. The molecule has 11 heteroatoms. The number of hydrogen-bond donors (Lipinski definition) is 0. The van der Waals surface area contributed by atoms with Crippen molar-refractivity contribution in [2.24, 2.45) is 0 Å². The van der Waals surface area contributed by atoms with Gasteiger partial charge in [-0.2, -0.15) is 13.2 Å². The van der Waals surface area contributed by atoms with E-state index >= 15 is 0 Å². The van der Waals surface area contributed by atoms with Crippen molar-refractivity contribution in [3.8, 4) is 22.8 Å². The lowest BCUT2D eigenvalue weighted by Gasteiger charge is -2.21. The van der Waals surface area contributed by atoms with Crippen molar-refractivity contribution in [1.82, 2.24) is 9.88 Å². The Hall–Kier alpha value is -3.37. The summed E-state index contributed by atoms with van der Waals surface area (Å²) in [7, 11) is 0. The predicted molar refractivity (Wildman–Crippen MR) is 131 cm³/mol. The molecule has 38 heavy (non-hydrogen) atoms. The molecule has 3 heterocycles. The minimum absolute atomic E-state index is 0.0903. The number of benzene rings is 2. The lowest BCUT2D eigenvalue weighted by atomic mass is 10.0. The van der Waals surface area contributed by atoms with E-state index in [2.05, 4.69) is 4.98 Å². The summed E-state index contributed by atoms with van der Waals surface area (Å²) in [6.45, 7) is 1.37. The summed E-state index contributed by atoms with van der Waals surface area (Å²) in [6, 6.07) is 9.48. The van der Waals surface area contributed by atoms with E-state index in [4.69, 9.17) is 25.8 Å². The van der Waals surface area contributed by atoms with Crippen molar-refractivity contribution < 1.29 is 36.6 Å². The summed E-state index contributed by atoms with van der Waals surface area (Å²) < 4.78 is 70.9. The van der Waals surface area contributed by atoms with Crippen LogP contribution >= 0.6 is 11.6 Å². The van der Waals surface area contributed by atoms with Crippen LogP contribution in [0.5, 0.6) is 11.5 Å². The van der Waals surface area contributed by atoms with Gasteiger partial charge >= 0.3 is 6.18 Å². The zero-order valence-corrected chi connectivity index (χ0v) is 20.8. The first-order valence-electron chi connectivity index (χ1n) is 12.0. The van der Waals surface area contributed by atoms with Gasteiger partial charge in [-0.15, -0.1) is 0 Å². The normalized spacial score (nSPS) is 17.5. The Labute approximate surface area is 221 Å². The summed E-state index contributed by atoms with van der Waals surface area (Å²) in [5.41, 5.74) is 0.285. The maximum Gasteiger partial charge on any atom is 0.417 e. The highest BCUT2D eigenvalue weighted by Crippen LogP contribution is 2.41. The number of alkyl halides is 3. The van der Waals surface area contributed by atoms with E-state index in [-0.39, 0.29) is 54.6 Å². The Morgan fingerprint density at radius 3 is 2.74 bits per heavy atom. The van der Waals surface area contributed by atoms with Crippen LogP contribution in [0.25, 0.3) is 11.3 Å². The molecule has 1 amide bonds. The minimum Gasteiger partial charge on any atom is -0.487 e. The lowest BCUT2D eigenvalue weighted by molar-refractivity contribution is -0.137. The van der Waals surface area contributed by atoms with Crippen molar-refractivity contribution in [3.63, 3.8) is 0 Å². The molecule has 5 rings (SSSR count). The molecule has 1 saturated heterocycles. The molecule has 0 radical (unpaired) electrons. The molecule has 2 aliphatic rings. The molecule has 0 N–H and O–H groups in total. The topological polar surface area (TPSA) is 60.9 Å². The van der Waals surface area contributed by atoms with E-state index in [9.17, 15) is 22.4 Å². The molecule has 3 aromatic rings. The number of fused-ring (bicyclic) bond motifs is 1. The van der Waals surface area contributed by atoms with Gasteiger partial charge in [0.1, 0.15) is 19.0 Å². The average molecular weight is 551 g/mol. The van der Waals surface area contributed by atoms with Gasteiger partial charge in [0.15, 0.2) is 11.5 Å². The molecule has 1 unspecified atom stereocenters. The first-order chi connectivity index (χ1) is 18.2. The molecule has 1 fully saturated rings. The van der Waals surface area contributed by atoms with E-state index in [1.54, 1.807) is 12.1 Å². The number of hydrogen-bond acceptors (Lipinski definition) is 5. The van der Waals surface area contributed by atoms with Crippen molar-refractivity contribution in [2.75, 3.05) is 26.4 Å². The fourth-order valence-electron chi connectivity index (χ4n) is 4.47. The Morgan fingerprint density at radius 2 is 2.03 bits per heavy atom. The van der Waals surface area contributed by atoms with Gasteiger partial charge in [-0.3, -0.25) is 9.78 Å². The van der Waals surface area contributed by atoms with Crippen LogP contribution < -0.4 is 9.47 Å². The average Bonchev–Trinajstić information content (AvgIpc) is 3.31. The highest BCUT2D eigenvalue weighted by Gasteiger charge is 2.32. The lowest BCUT2D eigenvalue weighted by Crippen LogP contribution is -2.32. The predicted octanol–water partition coefficient (Wildman–Crippen LogP) is 6.15. The van der Waals surface area contributed by atoms with Crippen molar-refractivity contribution in [3.05, 3.63) is 76.2 Å². The van der Waals surface area contributed by atoms with Gasteiger partial charge in [-0.05, 0) is 49.2 Å². The Balaban J connectivity index is 1.52. The zero-order valence-electron chi connectivity index (χ0n) is 20.1. The van der Waals surface area contributed by atoms with Crippen LogP contribution in [-0.4, -0.2) is 48.3 Å². The third-order valence-electron chi connectivity index (χ3n) is 6.35. The van der Waals surface area contributed by atoms with E-state index in [0.29, 0.717) is 29.2 Å². The van der Waals surface area contributed by atoms with Crippen LogP contribution in [0.4, 0.5) is 17.6 Å². The second kappa shape index (κ2) is 10.8. The monoisotopic (exact) mass is 550 g/mol. The standard InChI is InChI=1S/C27H23ClF4N2O4/c28-22-12-19(27(30,31)32)13-33-24(22)17-9-18-14-34(26(35)16-3-1-4-20(29)10-16)6-8-37-25(18)23(11-17)38-15-21-5-2-7-36-21/h1,3-4,9-13,21H,2,5-8,14-15H2. The molecular weight excluding hydrogens is 528 g/mol. The summed E-state index contributed by atoms with van der Waals surface area (Å²) >= 11 is 6.24. The van der Waals surface area contributed by atoms with Gasteiger partial charge < -0.3 is 19.1 Å². The van der Waals surface area contributed by atoms with Crippen molar-refractivity contribution in [2.45, 2.75) is 31.7 Å². The number of amides is 1. The SMILES string of the molecule is O=C(c1cccc(F)c1)N1CCOc2c(cc(-c3ncc(C(F)(F)F)cc3Cl)cc2OCC2CCCO2)C1. The molecule has 1 atom stereocenters. The van der Waals surface area contributed by atoms with Crippen LogP contribution in [0.2, 0.25) is 5.02 Å². The number of rotatable bonds is 5. The molecule has 0 spiro atoms. The maximum absolute atomic E-state index is 13.7. The summed E-state index contributed by atoms with van der Waals surface area (Å²) in [4.78, 5) is 18.6. The number of pyridine rings is 1.